The van der Waals surface area contributed by atoms with E-state index in [4.69, 9.17) is 0 Å². The van der Waals surface area contributed by atoms with E-state index >= 15 is 0 Å². The van der Waals surface area contributed by atoms with E-state index in [2.05, 4.69) is 24.1 Å². The fourth-order valence-corrected chi connectivity index (χ4v) is 7.93. The third-order valence-corrected chi connectivity index (χ3v) is 10.00. The molecular weight excluding hydrogens is 508 g/mol. The van der Waals surface area contributed by atoms with Crippen LogP contribution in [-0.2, 0) is 21.2 Å². The summed E-state index contributed by atoms with van der Waals surface area (Å²) in [5.74, 6) is -1.06. The highest BCUT2D eigenvalue weighted by Gasteiger charge is 2.42. The minimum absolute atomic E-state index is 0.0935. The first-order chi connectivity index (χ1) is 17.7. The lowest BCUT2D eigenvalue weighted by Crippen LogP contribution is -2.39. The molecule has 1 heterocycles. The van der Waals surface area contributed by atoms with Crippen molar-refractivity contribution >= 4 is 38.9 Å². The molecule has 1 atom stereocenters. The summed E-state index contributed by atoms with van der Waals surface area (Å²) in [6.07, 6.45) is 7.59. The molecule has 0 saturated carbocycles. The zero-order chi connectivity index (χ0) is 27.1. The number of hydrogen-bond acceptors (Lipinski definition) is 7. The van der Waals surface area contributed by atoms with Crippen LogP contribution in [0.1, 0.15) is 57.9 Å². The normalized spacial score (nSPS) is 17.1. The number of carboxylic acids is 1. The van der Waals surface area contributed by atoms with Crippen LogP contribution < -0.4 is 10.2 Å². The average molecular weight is 549 g/mol. The summed E-state index contributed by atoms with van der Waals surface area (Å²) in [6.45, 7) is 4.50. The number of unbranched alkanes of at least 4 members (excludes halogenated alkanes) is 2. The van der Waals surface area contributed by atoms with E-state index in [0.717, 1.165) is 49.1 Å². The fourth-order valence-electron chi connectivity index (χ4n) is 5.16. The summed E-state index contributed by atoms with van der Waals surface area (Å²) < 4.78 is 28.2. The number of anilines is 2. The molecule has 9 heteroatoms. The van der Waals surface area contributed by atoms with Crippen molar-refractivity contribution in [1.82, 2.24) is 5.32 Å². The van der Waals surface area contributed by atoms with E-state index in [1.807, 2.05) is 42.7 Å². The molecule has 0 bridgehead atoms. The molecule has 0 aliphatic carbocycles. The van der Waals surface area contributed by atoms with Gasteiger partial charge in [-0.15, -0.1) is 11.8 Å². The first-order valence-electron chi connectivity index (χ1n) is 13.0. The summed E-state index contributed by atoms with van der Waals surface area (Å²) in [4.78, 5) is 14.7. The van der Waals surface area contributed by atoms with Gasteiger partial charge in [0.25, 0.3) is 0 Å². The number of rotatable bonds is 13. The Morgan fingerprint density at radius 2 is 1.78 bits per heavy atom. The Labute approximate surface area is 225 Å². The highest BCUT2D eigenvalue weighted by atomic mass is 32.2. The molecule has 1 unspecified atom stereocenters. The lowest BCUT2D eigenvalue weighted by atomic mass is 9.79. The van der Waals surface area contributed by atoms with Crippen LogP contribution >= 0.6 is 11.8 Å². The zero-order valence-corrected chi connectivity index (χ0v) is 23.7. The maximum atomic E-state index is 14.1. The topological polar surface area (TPSA) is 107 Å². The molecule has 0 amide bonds. The largest absolute Gasteiger partial charge is 0.480 e. The van der Waals surface area contributed by atoms with E-state index in [-0.39, 0.29) is 22.6 Å². The number of fused-ring (bicyclic) bond motifs is 1. The standard InChI is InChI=1S/C28H40N2O5S2/c1-4-6-13-28(14-7-5-2)19-30(22-11-9-8-10-12-22)24-16-25(36-3)21(15-26(24)37(34,35)20-28)17-29-23(18-31)27(32)33/h8-12,15-16,23,29,31H,4-7,13-14,17-20H2,1-3H3,(H,32,33). The van der Waals surface area contributed by atoms with Gasteiger partial charge in [0.2, 0.25) is 0 Å². The van der Waals surface area contributed by atoms with Crippen LogP contribution in [0.5, 0.6) is 0 Å². The number of nitrogens with zero attached hydrogens (tertiary/aromatic N) is 1. The number of para-hydroxylation sites is 1. The number of thioether (sulfide) groups is 1. The van der Waals surface area contributed by atoms with Gasteiger partial charge in [-0.05, 0) is 48.9 Å². The van der Waals surface area contributed by atoms with Crippen molar-refractivity contribution in [1.29, 1.82) is 0 Å². The van der Waals surface area contributed by atoms with Gasteiger partial charge < -0.3 is 15.1 Å². The number of carboxylic acid groups (broad SMARTS) is 1. The maximum absolute atomic E-state index is 14.1. The lowest BCUT2D eigenvalue weighted by molar-refractivity contribution is -0.140. The first-order valence-corrected chi connectivity index (χ1v) is 15.9. The molecule has 7 nitrogen and oxygen atoms in total. The van der Waals surface area contributed by atoms with Crippen LogP contribution in [-0.4, -0.2) is 55.8 Å². The molecule has 0 radical (unpaired) electrons. The molecule has 0 fully saturated rings. The predicted molar refractivity (Wildman–Crippen MR) is 151 cm³/mol. The summed E-state index contributed by atoms with van der Waals surface area (Å²) in [5.41, 5.74) is 1.97. The molecule has 204 valence electrons. The minimum Gasteiger partial charge on any atom is -0.480 e. The van der Waals surface area contributed by atoms with Crippen LogP contribution in [0.15, 0.2) is 52.3 Å². The maximum Gasteiger partial charge on any atom is 0.323 e. The quantitative estimate of drug-likeness (QED) is 0.292. The van der Waals surface area contributed by atoms with E-state index < -0.39 is 28.5 Å². The number of hydrogen-bond donors (Lipinski definition) is 3. The van der Waals surface area contributed by atoms with Gasteiger partial charge in [0.1, 0.15) is 6.04 Å². The van der Waals surface area contributed by atoms with Crippen molar-refractivity contribution in [2.24, 2.45) is 5.41 Å². The number of nitrogens with one attached hydrogen (secondary N) is 1. The Kier molecular flexibility index (Phi) is 10.5. The monoisotopic (exact) mass is 548 g/mol. The van der Waals surface area contributed by atoms with Gasteiger partial charge in [0.15, 0.2) is 9.84 Å². The van der Waals surface area contributed by atoms with Gasteiger partial charge in [0, 0.05) is 29.1 Å². The average Bonchev–Trinajstić information content (AvgIpc) is 2.98. The second kappa shape index (κ2) is 13.1. The molecule has 1 aliphatic heterocycles. The minimum atomic E-state index is -3.64. The smallest absolute Gasteiger partial charge is 0.323 e. The number of sulfone groups is 1. The number of carbonyl (C=O) groups is 1. The van der Waals surface area contributed by atoms with Crippen LogP contribution in [0.25, 0.3) is 0 Å². The first kappa shape index (κ1) is 29.5. The van der Waals surface area contributed by atoms with E-state index in [0.29, 0.717) is 17.8 Å². The van der Waals surface area contributed by atoms with Crippen LogP contribution in [0, 0.1) is 5.41 Å². The zero-order valence-electron chi connectivity index (χ0n) is 22.1. The second-order valence-electron chi connectivity index (χ2n) is 9.97. The van der Waals surface area contributed by atoms with Gasteiger partial charge in [-0.25, -0.2) is 8.42 Å². The third-order valence-electron chi connectivity index (χ3n) is 7.19. The lowest BCUT2D eigenvalue weighted by Gasteiger charge is -2.37. The van der Waals surface area contributed by atoms with Gasteiger partial charge in [-0.3, -0.25) is 10.1 Å². The Balaban J connectivity index is 2.18. The molecule has 3 rings (SSSR count). The van der Waals surface area contributed by atoms with Crippen LogP contribution in [0.4, 0.5) is 11.4 Å². The highest BCUT2D eigenvalue weighted by molar-refractivity contribution is 7.98. The van der Waals surface area contributed by atoms with Crippen molar-refractivity contribution in [2.75, 3.05) is 30.1 Å². The molecule has 0 aromatic heterocycles. The van der Waals surface area contributed by atoms with Gasteiger partial charge in [-0.1, -0.05) is 57.7 Å². The summed E-state index contributed by atoms with van der Waals surface area (Å²) in [7, 11) is -3.64. The predicted octanol–water partition coefficient (Wildman–Crippen LogP) is 5.24. The SMILES string of the molecule is CCCCC1(CCCC)CN(c2ccccc2)c2cc(SC)c(CNC(CO)C(=O)O)cc2S(=O)(=O)C1. The number of aliphatic carboxylic acids is 1. The van der Waals surface area contributed by atoms with Crippen molar-refractivity contribution in [3.63, 3.8) is 0 Å². The van der Waals surface area contributed by atoms with Crippen LogP contribution in [0.2, 0.25) is 0 Å². The van der Waals surface area contributed by atoms with Crippen molar-refractivity contribution in [3.8, 4) is 0 Å². The molecule has 2 aromatic carbocycles. The van der Waals surface area contributed by atoms with Crippen molar-refractivity contribution < 1.29 is 23.4 Å². The van der Waals surface area contributed by atoms with Gasteiger partial charge in [0.05, 0.1) is 22.9 Å². The molecular formula is C28H40N2O5S2. The van der Waals surface area contributed by atoms with Gasteiger partial charge >= 0.3 is 5.97 Å². The Morgan fingerprint density at radius 3 is 2.32 bits per heavy atom. The van der Waals surface area contributed by atoms with Gasteiger partial charge in [-0.2, -0.15) is 0 Å². The molecule has 3 N–H and O–H groups in total. The Morgan fingerprint density at radius 1 is 1.14 bits per heavy atom. The third kappa shape index (κ3) is 7.07. The second-order valence-corrected chi connectivity index (χ2v) is 12.8. The fraction of sp³-hybridized carbons (Fsp3) is 0.536. The number of benzene rings is 2. The number of aliphatic hydroxyl groups excluding tert-OH is 1. The molecule has 2 aromatic rings. The van der Waals surface area contributed by atoms with Crippen LogP contribution in [0.3, 0.4) is 0 Å². The molecule has 0 spiro atoms. The molecule has 37 heavy (non-hydrogen) atoms. The van der Waals surface area contributed by atoms with Crippen molar-refractivity contribution in [2.45, 2.75) is 74.7 Å². The Bertz CT molecular complexity index is 1150. The summed E-state index contributed by atoms with van der Waals surface area (Å²) in [5, 5.41) is 21.6. The van der Waals surface area contributed by atoms with E-state index in [1.54, 1.807) is 6.07 Å². The number of aliphatic hydroxyl groups is 1. The summed E-state index contributed by atoms with van der Waals surface area (Å²) >= 11 is 1.50. The van der Waals surface area contributed by atoms with Crippen molar-refractivity contribution in [3.05, 3.63) is 48.0 Å². The Hall–Kier alpha value is -2.07. The van der Waals surface area contributed by atoms with E-state index in [1.165, 1.54) is 11.8 Å². The summed E-state index contributed by atoms with van der Waals surface area (Å²) in [6, 6.07) is 12.5. The molecule has 1 aliphatic rings. The highest BCUT2D eigenvalue weighted by Crippen LogP contribution is 2.46. The molecule has 0 saturated heterocycles. The van der Waals surface area contributed by atoms with E-state index in [9.17, 15) is 23.4 Å².